The number of rotatable bonds is 9. The normalized spacial score (nSPS) is 12.6. The van der Waals surface area contributed by atoms with Crippen molar-refractivity contribution in [3.63, 3.8) is 0 Å². The highest BCUT2D eigenvalue weighted by Gasteiger charge is 2.11. The number of nitrogens with one attached hydrogen (secondary N) is 1. The zero-order valence-electron chi connectivity index (χ0n) is 11.7. The van der Waals surface area contributed by atoms with Crippen LogP contribution in [0, 0.1) is 0 Å². The molecule has 1 aromatic carbocycles. The van der Waals surface area contributed by atoms with Crippen molar-refractivity contribution in [1.82, 2.24) is 5.32 Å². The number of halogens is 2. The summed E-state index contributed by atoms with van der Waals surface area (Å²) >= 11 is 11.8. The van der Waals surface area contributed by atoms with E-state index in [1.54, 1.807) is 0 Å². The minimum Gasteiger partial charge on any atom is -0.313 e. The van der Waals surface area contributed by atoms with E-state index in [0.29, 0.717) is 6.04 Å². The largest absolute Gasteiger partial charge is 0.313 e. The molecule has 0 aliphatic heterocycles. The number of thioether (sulfide) groups is 1. The molecule has 0 bridgehead atoms. The Balaban J connectivity index is 2.58. The lowest BCUT2D eigenvalue weighted by molar-refractivity contribution is 0.550. The van der Waals surface area contributed by atoms with Gasteiger partial charge in [0.2, 0.25) is 0 Å². The van der Waals surface area contributed by atoms with Crippen molar-refractivity contribution in [3.8, 4) is 0 Å². The average molecular weight is 365 g/mol. The van der Waals surface area contributed by atoms with Crippen molar-refractivity contribution in [2.45, 2.75) is 39.2 Å². The molecule has 0 heterocycles. The molecule has 0 aliphatic rings. The van der Waals surface area contributed by atoms with Gasteiger partial charge in [-0.1, -0.05) is 47.4 Å². The highest BCUT2D eigenvalue weighted by Crippen LogP contribution is 2.23. The van der Waals surface area contributed by atoms with E-state index in [4.69, 9.17) is 11.6 Å². The maximum absolute atomic E-state index is 6.30. The second-order valence-corrected chi connectivity index (χ2v) is 7.14. The van der Waals surface area contributed by atoms with Crippen LogP contribution in [0.5, 0.6) is 0 Å². The first-order chi connectivity index (χ1) is 9.17. The van der Waals surface area contributed by atoms with Gasteiger partial charge in [0.25, 0.3) is 0 Å². The fourth-order valence-electron chi connectivity index (χ4n) is 1.86. The molecule has 1 N–H and O–H groups in total. The highest BCUT2D eigenvalue weighted by atomic mass is 79.9. The molecule has 0 aliphatic carbocycles. The zero-order valence-corrected chi connectivity index (χ0v) is 14.9. The quantitative estimate of drug-likeness (QED) is 0.608. The molecule has 1 aromatic rings. The zero-order chi connectivity index (χ0) is 14.1. The van der Waals surface area contributed by atoms with Crippen molar-refractivity contribution in [3.05, 3.63) is 33.3 Å². The Bertz CT molecular complexity index is 373. The van der Waals surface area contributed by atoms with Gasteiger partial charge in [0.05, 0.1) is 0 Å². The number of hydrogen-bond acceptors (Lipinski definition) is 2. The van der Waals surface area contributed by atoms with Crippen molar-refractivity contribution in [2.75, 3.05) is 18.1 Å². The first kappa shape index (κ1) is 17.4. The van der Waals surface area contributed by atoms with Crippen LogP contribution in [0.3, 0.4) is 0 Å². The molecule has 4 heteroatoms. The predicted octanol–water partition coefficient (Wildman–Crippen LogP) is 5.16. The third-order valence-electron chi connectivity index (χ3n) is 2.83. The second kappa shape index (κ2) is 10.1. The lowest BCUT2D eigenvalue weighted by Gasteiger charge is -2.19. The van der Waals surface area contributed by atoms with Crippen LogP contribution in [0.15, 0.2) is 22.7 Å². The van der Waals surface area contributed by atoms with Crippen LogP contribution in [0.25, 0.3) is 0 Å². The van der Waals surface area contributed by atoms with E-state index >= 15 is 0 Å². The maximum Gasteiger partial charge on any atom is 0.0449 e. The second-order valence-electron chi connectivity index (χ2n) is 4.67. The topological polar surface area (TPSA) is 12.0 Å². The van der Waals surface area contributed by atoms with Crippen LogP contribution in [0.2, 0.25) is 5.02 Å². The molecule has 0 spiro atoms. The molecular weight excluding hydrogens is 342 g/mol. The molecule has 1 atom stereocenters. The fraction of sp³-hybridized carbons (Fsp3) is 0.600. The van der Waals surface area contributed by atoms with Gasteiger partial charge in [0.15, 0.2) is 0 Å². The van der Waals surface area contributed by atoms with Crippen molar-refractivity contribution in [1.29, 1.82) is 0 Å². The summed E-state index contributed by atoms with van der Waals surface area (Å²) < 4.78 is 1.04. The molecule has 0 radical (unpaired) electrons. The summed E-state index contributed by atoms with van der Waals surface area (Å²) in [5, 5.41) is 4.49. The summed E-state index contributed by atoms with van der Waals surface area (Å²) in [5.74, 6) is 2.39. The molecule has 0 fully saturated rings. The minimum atomic E-state index is 0.509. The molecule has 1 rings (SSSR count). The van der Waals surface area contributed by atoms with Crippen LogP contribution in [0.1, 0.15) is 32.3 Å². The van der Waals surface area contributed by atoms with Crippen LogP contribution >= 0.6 is 39.3 Å². The van der Waals surface area contributed by atoms with E-state index in [1.165, 1.54) is 24.2 Å². The Morgan fingerprint density at radius 2 is 2.11 bits per heavy atom. The number of hydrogen-bond donors (Lipinski definition) is 1. The lowest BCUT2D eigenvalue weighted by Crippen LogP contribution is -2.34. The smallest absolute Gasteiger partial charge is 0.0449 e. The van der Waals surface area contributed by atoms with Gasteiger partial charge in [-0.15, -0.1) is 0 Å². The first-order valence-electron chi connectivity index (χ1n) is 6.92. The van der Waals surface area contributed by atoms with Crippen LogP contribution < -0.4 is 5.32 Å². The van der Waals surface area contributed by atoms with Crippen LogP contribution in [0.4, 0.5) is 0 Å². The van der Waals surface area contributed by atoms with Gasteiger partial charge < -0.3 is 5.32 Å². The fourth-order valence-corrected chi connectivity index (χ4v) is 3.59. The van der Waals surface area contributed by atoms with Crippen molar-refractivity contribution < 1.29 is 0 Å². The summed E-state index contributed by atoms with van der Waals surface area (Å²) in [7, 11) is 0. The molecule has 19 heavy (non-hydrogen) atoms. The third-order valence-corrected chi connectivity index (χ3v) is 5.01. The molecule has 108 valence electrons. The van der Waals surface area contributed by atoms with E-state index in [1.807, 2.05) is 17.8 Å². The molecule has 1 nitrogen and oxygen atoms in total. The first-order valence-corrected chi connectivity index (χ1v) is 9.25. The van der Waals surface area contributed by atoms with Gasteiger partial charge in [-0.2, -0.15) is 11.8 Å². The van der Waals surface area contributed by atoms with Gasteiger partial charge >= 0.3 is 0 Å². The third kappa shape index (κ3) is 7.03. The van der Waals surface area contributed by atoms with Gasteiger partial charge in [-0.3, -0.25) is 0 Å². The van der Waals surface area contributed by atoms with Gasteiger partial charge in [0, 0.05) is 21.3 Å². The van der Waals surface area contributed by atoms with E-state index < -0.39 is 0 Å². The van der Waals surface area contributed by atoms with E-state index in [0.717, 1.165) is 28.2 Å². The Hall–Kier alpha value is 0.300. The summed E-state index contributed by atoms with van der Waals surface area (Å²) in [5.41, 5.74) is 1.23. The Morgan fingerprint density at radius 1 is 1.32 bits per heavy atom. The molecular formula is C15H23BrClNS. The maximum atomic E-state index is 6.30. The van der Waals surface area contributed by atoms with Crippen LogP contribution in [-0.4, -0.2) is 24.1 Å². The Labute approximate surface area is 135 Å². The van der Waals surface area contributed by atoms with E-state index in [-0.39, 0.29) is 0 Å². The molecule has 0 aromatic heterocycles. The van der Waals surface area contributed by atoms with E-state index in [9.17, 15) is 0 Å². The summed E-state index contributed by atoms with van der Waals surface area (Å²) in [6, 6.07) is 6.68. The summed E-state index contributed by atoms with van der Waals surface area (Å²) in [6.07, 6.45) is 3.41. The van der Waals surface area contributed by atoms with Gasteiger partial charge in [-0.25, -0.2) is 0 Å². The van der Waals surface area contributed by atoms with Gasteiger partial charge in [0.1, 0.15) is 0 Å². The predicted molar refractivity (Wildman–Crippen MR) is 92.6 cm³/mol. The minimum absolute atomic E-state index is 0.509. The standard InChI is InChI=1S/C15H23BrClNS/c1-3-7-18-14(11-19-8-4-2)9-12-5-6-13(16)10-15(12)17/h5-6,10,14,18H,3-4,7-9,11H2,1-2H3. The monoisotopic (exact) mass is 363 g/mol. The van der Waals surface area contributed by atoms with Crippen molar-refractivity contribution in [2.24, 2.45) is 0 Å². The number of benzene rings is 1. The Kier molecular flexibility index (Phi) is 9.21. The molecule has 0 saturated carbocycles. The van der Waals surface area contributed by atoms with Crippen LogP contribution in [-0.2, 0) is 6.42 Å². The van der Waals surface area contributed by atoms with Crippen molar-refractivity contribution >= 4 is 39.3 Å². The average Bonchev–Trinajstić information content (AvgIpc) is 2.39. The SMILES string of the molecule is CCCNC(CSCCC)Cc1ccc(Br)cc1Cl. The molecule has 0 amide bonds. The highest BCUT2D eigenvalue weighted by molar-refractivity contribution is 9.10. The Morgan fingerprint density at radius 3 is 2.74 bits per heavy atom. The molecule has 0 saturated heterocycles. The lowest BCUT2D eigenvalue weighted by atomic mass is 10.1. The van der Waals surface area contributed by atoms with Gasteiger partial charge in [-0.05, 0) is 49.3 Å². The molecule has 1 unspecified atom stereocenters. The summed E-state index contributed by atoms with van der Waals surface area (Å²) in [6.45, 7) is 5.51. The van der Waals surface area contributed by atoms with E-state index in [2.05, 4.69) is 47.2 Å². The summed E-state index contributed by atoms with van der Waals surface area (Å²) in [4.78, 5) is 0.